The highest BCUT2D eigenvalue weighted by Crippen LogP contribution is 2.40. The normalized spacial score (nSPS) is 21.6. The van der Waals surface area contributed by atoms with Crippen molar-refractivity contribution in [1.82, 2.24) is 24.8 Å². The molecule has 2 aromatic heterocycles. The van der Waals surface area contributed by atoms with E-state index in [-0.39, 0.29) is 29.3 Å². The number of likely N-dealkylation sites (tertiary alicyclic amines) is 1. The maximum Gasteiger partial charge on any atom is 0.418 e. The van der Waals surface area contributed by atoms with E-state index in [0.717, 1.165) is 6.07 Å². The summed E-state index contributed by atoms with van der Waals surface area (Å²) in [6.07, 6.45) is -3.68. The molecule has 0 spiro atoms. The molecule has 3 aromatic rings. The number of halogens is 3. The number of para-hydroxylation sites is 1. The van der Waals surface area contributed by atoms with Crippen LogP contribution in [0.1, 0.15) is 28.0 Å². The van der Waals surface area contributed by atoms with Gasteiger partial charge in [0.1, 0.15) is 6.23 Å². The molecule has 2 N–H and O–H groups in total. The van der Waals surface area contributed by atoms with Crippen LogP contribution < -0.4 is 10.2 Å². The number of pyridine rings is 1. The molecule has 0 bridgehead atoms. The summed E-state index contributed by atoms with van der Waals surface area (Å²) >= 11 is 0. The summed E-state index contributed by atoms with van der Waals surface area (Å²) < 4.78 is 41.8. The predicted octanol–water partition coefficient (Wildman–Crippen LogP) is 2.17. The van der Waals surface area contributed by atoms with Gasteiger partial charge in [0.15, 0.2) is 5.65 Å². The van der Waals surface area contributed by atoms with Crippen LogP contribution in [0.25, 0.3) is 5.65 Å². The summed E-state index contributed by atoms with van der Waals surface area (Å²) in [4.78, 5) is 16.7. The lowest BCUT2D eigenvalue weighted by molar-refractivity contribution is -0.137. The molecule has 2 aliphatic rings. The van der Waals surface area contributed by atoms with Gasteiger partial charge in [-0.15, -0.1) is 10.2 Å². The number of benzene rings is 1. The van der Waals surface area contributed by atoms with E-state index in [9.17, 15) is 23.1 Å². The van der Waals surface area contributed by atoms with Gasteiger partial charge in [-0.3, -0.25) is 14.5 Å². The average Bonchev–Trinajstić information content (AvgIpc) is 3.50. The van der Waals surface area contributed by atoms with Gasteiger partial charge in [-0.05, 0) is 31.3 Å². The minimum absolute atomic E-state index is 0.0797. The second kappa shape index (κ2) is 7.99. The largest absolute Gasteiger partial charge is 0.418 e. The van der Waals surface area contributed by atoms with Crippen molar-refractivity contribution in [3.8, 4) is 0 Å². The molecular formula is C22H23F3N6O2. The number of carbonyl (C=O) groups is 1. The lowest BCUT2D eigenvalue weighted by Gasteiger charge is -2.25. The number of rotatable bonds is 4. The molecule has 11 heteroatoms. The van der Waals surface area contributed by atoms with Crippen molar-refractivity contribution in [2.45, 2.75) is 12.4 Å². The molecule has 2 fully saturated rings. The summed E-state index contributed by atoms with van der Waals surface area (Å²) in [6.45, 7) is 1.81. The van der Waals surface area contributed by atoms with E-state index < -0.39 is 18.0 Å². The average molecular weight is 460 g/mol. The van der Waals surface area contributed by atoms with Gasteiger partial charge >= 0.3 is 6.18 Å². The van der Waals surface area contributed by atoms with Crippen molar-refractivity contribution in [2.75, 3.05) is 38.1 Å². The van der Waals surface area contributed by atoms with Crippen LogP contribution >= 0.6 is 0 Å². The summed E-state index contributed by atoms with van der Waals surface area (Å²) in [5.41, 5.74) is 0.611. The Morgan fingerprint density at radius 2 is 1.79 bits per heavy atom. The van der Waals surface area contributed by atoms with Gasteiger partial charge in [-0.25, -0.2) is 0 Å². The van der Waals surface area contributed by atoms with E-state index in [2.05, 4.69) is 15.5 Å². The number of nitrogens with one attached hydrogen (secondary N) is 1. The van der Waals surface area contributed by atoms with Crippen molar-refractivity contribution in [3.05, 3.63) is 59.5 Å². The summed E-state index contributed by atoms with van der Waals surface area (Å²) in [5, 5.41) is 20.8. The van der Waals surface area contributed by atoms with Crippen LogP contribution in [0, 0.1) is 11.8 Å². The predicted molar refractivity (Wildman–Crippen MR) is 114 cm³/mol. The van der Waals surface area contributed by atoms with Crippen LogP contribution in [0.2, 0.25) is 0 Å². The summed E-state index contributed by atoms with van der Waals surface area (Å²) in [6, 6.07) is 9.00. The number of nitrogens with zero attached hydrogens (tertiary/aromatic N) is 5. The van der Waals surface area contributed by atoms with Gasteiger partial charge in [0.05, 0.1) is 5.56 Å². The Labute approximate surface area is 187 Å². The Bertz CT molecular complexity index is 1180. The molecule has 0 saturated carbocycles. The fraction of sp³-hybridized carbons (Fsp3) is 0.409. The molecule has 2 aliphatic heterocycles. The standard InChI is InChI=1S/C22H23F3N6O2/c1-26-20(32)13-6-7-18-27-28-19(31(18)12-13)21(33)30-10-14-8-29(9-15(14)11-30)17-5-3-2-4-16(17)22(23,24)25/h2-7,12,14-15,20,26,32H,8-11H2,1H3/t14-,15+,20?. The van der Waals surface area contributed by atoms with Gasteiger partial charge in [0.2, 0.25) is 5.82 Å². The first-order valence-corrected chi connectivity index (χ1v) is 10.7. The van der Waals surface area contributed by atoms with E-state index in [1.165, 1.54) is 12.1 Å². The maximum atomic E-state index is 13.4. The molecule has 4 heterocycles. The number of amides is 1. The van der Waals surface area contributed by atoms with Gasteiger partial charge in [-0.1, -0.05) is 12.1 Å². The molecule has 0 aliphatic carbocycles. The van der Waals surface area contributed by atoms with Crippen LogP contribution in [0.15, 0.2) is 42.6 Å². The van der Waals surface area contributed by atoms with Crippen molar-refractivity contribution < 1.29 is 23.1 Å². The molecule has 1 amide bonds. The third kappa shape index (κ3) is 3.80. The minimum atomic E-state index is -4.41. The molecule has 5 rings (SSSR count). The highest BCUT2D eigenvalue weighted by molar-refractivity contribution is 5.91. The van der Waals surface area contributed by atoms with Gasteiger partial charge in [0.25, 0.3) is 5.91 Å². The molecule has 3 atom stereocenters. The lowest BCUT2D eigenvalue weighted by atomic mass is 10.0. The zero-order chi connectivity index (χ0) is 23.3. The van der Waals surface area contributed by atoms with Crippen molar-refractivity contribution >= 4 is 17.2 Å². The number of aromatic nitrogens is 3. The van der Waals surface area contributed by atoms with Crippen LogP contribution in [0.4, 0.5) is 18.9 Å². The van der Waals surface area contributed by atoms with Crippen molar-refractivity contribution in [2.24, 2.45) is 11.8 Å². The second-order valence-corrected chi connectivity index (χ2v) is 8.56. The smallest absolute Gasteiger partial charge is 0.374 e. The number of carbonyl (C=O) groups excluding carboxylic acids is 1. The van der Waals surface area contributed by atoms with Crippen molar-refractivity contribution in [3.63, 3.8) is 0 Å². The number of aliphatic hydroxyl groups is 1. The zero-order valence-corrected chi connectivity index (χ0v) is 17.8. The molecule has 8 nitrogen and oxygen atoms in total. The van der Waals surface area contributed by atoms with Gasteiger partial charge in [0, 0.05) is 55.5 Å². The summed E-state index contributed by atoms with van der Waals surface area (Å²) in [7, 11) is 1.62. The zero-order valence-electron chi connectivity index (χ0n) is 17.8. The van der Waals surface area contributed by atoms with Gasteiger partial charge in [-0.2, -0.15) is 13.2 Å². The highest BCUT2D eigenvalue weighted by Gasteiger charge is 2.44. The second-order valence-electron chi connectivity index (χ2n) is 8.56. The molecule has 0 radical (unpaired) electrons. The molecule has 1 aromatic carbocycles. The van der Waals surface area contributed by atoms with E-state index in [0.29, 0.717) is 37.4 Å². The van der Waals surface area contributed by atoms with Crippen molar-refractivity contribution in [1.29, 1.82) is 0 Å². The fourth-order valence-corrected chi connectivity index (χ4v) is 4.87. The topological polar surface area (TPSA) is 86.0 Å². The number of hydrogen-bond acceptors (Lipinski definition) is 6. The van der Waals surface area contributed by atoms with E-state index >= 15 is 0 Å². The number of hydrogen-bond donors (Lipinski definition) is 2. The Balaban J connectivity index is 1.33. The van der Waals surface area contributed by atoms with Gasteiger partial charge < -0.3 is 14.9 Å². The molecule has 174 valence electrons. The summed E-state index contributed by atoms with van der Waals surface area (Å²) in [5.74, 6) is 0.0249. The lowest BCUT2D eigenvalue weighted by Crippen LogP contribution is -2.34. The fourth-order valence-electron chi connectivity index (χ4n) is 4.87. The Kier molecular flexibility index (Phi) is 5.25. The van der Waals surface area contributed by atoms with Crippen LogP contribution in [0.3, 0.4) is 0 Å². The molecular weight excluding hydrogens is 437 g/mol. The quantitative estimate of drug-likeness (QED) is 0.581. The number of aliphatic hydroxyl groups excluding tert-OH is 1. The third-order valence-electron chi connectivity index (χ3n) is 6.53. The number of fused-ring (bicyclic) bond motifs is 2. The third-order valence-corrected chi connectivity index (χ3v) is 6.53. The van der Waals surface area contributed by atoms with E-state index in [4.69, 9.17) is 0 Å². The number of anilines is 1. The molecule has 33 heavy (non-hydrogen) atoms. The Hall–Kier alpha value is -3.18. The maximum absolute atomic E-state index is 13.4. The Morgan fingerprint density at radius 3 is 2.45 bits per heavy atom. The van der Waals surface area contributed by atoms with E-state index in [1.807, 2.05) is 0 Å². The highest BCUT2D eigenvalue weighted by atomic mass is 19.4. The number of alkyl halides is 3. The Morgan fingerprint density at radius 1 is 1.09 bits per heavy atom. The first-order chi connectivity index (χ1) is 15.8. The first-order valence-electron chi connectivity index (χ1n) is 10.7. The van der Waals surface area contributed by atoms with Crippen LogP contribution in [0.5, 0.6) is 0 Å². The van der Waals surface area contributed by atoms with Crippen LogP contribution in [-0.4, -0.2) is 63.7 Å². The first kappa shape index (κ1) is 21.7. The monoisotopic (exact) mass is 460 g/mol. The van der Waals surface area contributed by atoms with Crippen LogP contribution in [-0.2, 0) is 6.18 Å². The molecule has 1 unspecified atom stereocenters. The van der Waals surface area contributed by atoms with E-state index in [1.54, 1.807) is 45.6 Å². The molecule has 2 saturated heterocycles. The SMILES string of the molecule is CNC(O)c1ccc2nnc(C(=O)N3C[C@@H]4CN(c5ccccc5C(F)(F)F)C[C@@H]4C3)n2c1. The minimum Gasteiger partial charge on any atom is -0.374 e.